The standard InChI is InChI=1S/C15H16O5/c1-7-11-12(17)14(3)8(2)10(16)5-4-9(14)6-15(11,19)20-13(7)18/h4-6,8,12,17,19H,1-3H3. The second kappa shape index (κ2) is 3.68. The number of rotatable bonds is 0. The minimum Gasteiger partial charge on any atom is -0.422 e. The van der Waals surface area contributed by atoms with Gasteiger partial charge in [-0.15, -0.1) is 0 Å². The Morgan fingerprint density at radius 1 is 1.30 bits per heavy atom. The molecule has 0 aromatic heterocycles. The lowest BCUT2D eigenvalue weighted by atomic mass is 9.58. The van der Waals surface area contributed by atoms with Crippen molar-refractivity contribution in [1.29, 1.82) is 0 Å². The molecule has 4 atom stereocenters. The molecule has 5 nitrogen and oxygen atoms in total. The Morgan fingerprint density at radius 2 is 1.95 bits per heavy atom. The number of ketones is 1. The number of allylic oxidation sites excluding steroid dienone is 2. The van der Waals surface area contributed by atoms with Gasteiger partial charge in [0, 0.05) is 22.5 Å². The van der Waals surface area contributed by atoms with E-state index in [0.29, 0.717) is 5.57 Å². The second-order valence-electron chi connectivity index (χ2n) is 5.87. The van der Waals surface area contributed by atoms with Gasteiger partial charge in [-0.1, -0.05) is 19.9 Å². The molecule has 3 aliphatic rings. The van der Waals surface area contributed by atoms with Crippen LogP contribution in [-0.2, 0) is 14.3 Å². The van der Waals surface area contributed by atoms with Gasteiger partial charge in [0.05, 0.1) is 6.10 Å². The predicted octanol–water partition coefficient (Wildman–Crippen LogP) is 0.631. The Hall–Kier alpha value is -1.72. The van der Waals surface area contributed by atoms with Crippen LogP contribution in [0.25, 0.3) is 0 Å². The summed E-state index contributed by atoms with van der Waals surface area (Å²) in [6.45, 7) is 5.01. The topological polar surface area (TPSA) is 83.8 Å². The summed E-state index contributed by atoms with van der Waals surface area (Å²) in [6.07, 6.45) is 3.26. The van der Waals surface area contributed by atoms with Gasteiger partial charge in [0.1, 0.15) is 0 Å². The lowest BCUT2D eigenvalue weighted by Crippen LogP contribution is -2.53. The molecule has 2 N–H and O–H groups in total. The van der Waals surface area contributed by atoms with E-state index in [1.54, 1.807) is 19.9 Å². The Morgan fingerprint density at radius 3 is 2.60 bits per heavy atom. The first-order chi connectivity index (χ1) is 9.21. The highest BCUT2D eigenvalue weighted by Crippen LogP contribution is 2.53. The van der Waals surface area contributed by atoms with Crippen LogP contribution in [0.5, 0.6) is 0 Å². The van der Waals surface area contributed by atoms with Crippen molar-refractivity contribution in [3.8, 4) is 0 Å². The van der Waals surface area contributed by atoms with Crippen molar-refractivity contribution >= 4 is 11.8 Å². The average Bonchev–Trinajstić information content (AvgIpc) is 2.60. The molecule has 0 radical (unpaired) electrons. The van der Waals surface area contributed by atoms with E-state index in [0.717, 1.165) is 0 Å². The molecule has 0 bridgehead atoms. The van der Waals surface area contributed by atoms with E-state index in [1.165, 1.54) is 19.1 Å². The third-order valence-electron chi connectivity index (χ3n) is 4.91. The Kier molecular flexibility index (Phi) is 2.44. The van der Waals surface area contributed by atoms with Crippen molar-refractivity contribution in [3.05, 3.63) is 34.9 Å². The van der Waals surface area contributed by atoms with Crippen LogP contribution in [0.15, 0.2) is 34.9 Å². The van der Waals surface area contributed by atoms with Crippen LogP contribution in [0.4, 0.5) is 0 Å². The summed E-state index contributed by atoms with van der Waals surface area (Å²) < 4.78 is 4.98. The molecule has 0 saturated heterocycles. The van der Waals surface area contributed by atoms with Crippen molar-refractivity contribution in [3.63, 3.8) is 0 Å². The third kappa shape index (κ3) is 1.34. The van der Waals surface area contributed by atoms with Gasteiger partial charge < -0.3 is 14.9 Å². The Balaban J connectivity index is 2.29. The molecule has 0 saturated carbocycles. The van der Waals surface area contributed by atoms with E-state index in [4.69, 9.17) is 4.74 Å². The van der Waals surface area contributed by atoms with Gasteiger partial charge in [-0.05, 0) is 24.6 Å². The largest absolute Gasteiger partial charge is 0.422 e. The highest BCUT2D eigenvalue weighted by molar-refractivity contribution is 5.96. The van der Waals surface area contributed by atoms with Crippen molar-refractivity contribution in [2.24, 2.45) is 11.3 Å². The third-order valence-corrected chi connectivity index (χ3v) is 4.91. The Bertz CT molecular complexity index is 626. The summed E-state index contributed by atoms with van der Waals surface area (Å²) in [6, 6.07) is 0. The van der Waals surface area contributed by atoms with E-state index in [1.807, 2.05) is 0 Å². The summed E-state index contributed by atoms with van der Waals surface area (Å²) in [5.74, 6) is -3.09. The van der Waals surface area contributed by atoms with Crippen LogP contribution in [0.3, 0.4) is 0 Å². The second-order valence-corrected chi connectivity index (χ2v) is 5.87. The number of carbonyl (C=O) groups is 2. The molecule has 1 aliphatic heterocycles. The summed E-state index contributed by atoms with van der Waals surface area (Å²) in [5.41, 5.74) is 0.0723. The maximum atomic E-state index is 11.9. The fourth-order valence-electron chi connectivity index (χ4n) is 3.31. The summed E-state index contributed by atoms with van der Waals surface area (Å²) in [4.78, 5) is 23.6. The number of fused-ring (bicyclic) bond motifs is 2. The fourth-order valence-corrected chi connectivity index (χ4v) is 3.31. The lowest BCUT2D eigenvalue weighted by Gasteiger charge is -2.47. The molecule has 0 aromatic carbocycles. The smallest absolute Gasteiger partial charge is 0.337 e. The number of carbonyl (C=O) groups excluding carboxylic acids is 2. The lowest BCUT2D eigenvalue weighted by molar-refractivity contribution is -0.173. The number of aliphatic hydroxyl groups is 2. The zero-order chi connectivity index (χ0) is 14.9. The minimum absolute atomic E-state index is 0.0855. The van der Waals surface area contributed by atoms with Crippen molar-refractivity contribution in [2.45, 2.75) is 32.7 Å². The van der Waals surface area contributed by atoms with Crippen molar-refractivity contribution in [1.82, 2.24) is 0 Å². The van der Waals surface area contributed by atoms with Gasteiger partial charge in [0.25, 0.3) is 5.79 Å². The van der Waals surface area contributed by atoms with Gasteiger partial charge >= 0.3 is 5.97 Å². The van der Waals surface area contributed by atoms with Crippen LogP contribution in [-0.4, -0.2) is 33.9 Å². The number of esters is 1. The van der Waals surface area contributed by atoms with Gasteiger partial charge in [-0.25, -0.2) is 4.79 Å². The van der Waals surface area contributed by atoms with Crippen LogP contribution in [0.1, 0.15) is 20.8 Å². The molecule has 0 fully saturated rings. The number of aliphatic hydroxyl groups excluding tert-OH is 1. The molecule has 3 rings (SSSR count). The molecular formula is C15H16O5. The molecule has 2 aliphatic carbocycles. The first-order valence-electron chi connectivity index (χ1n) is 6.52. The number of hydrogen-bond donors (Lipinski definition) is 2. The first-order valence-corrected chi connectivity index (χ1v) is 6.52. The summed E-state index contributed by atoms with van der Waals surface area (Å²) in [7, 11) is 0. The molecule has 0 aromatic rings. The average molecular weight is 276 g/mol. The molecule has 4 unspecified atom stereocenters. The minimum atomic E-state index is -1.90. The quantitative estimate of drug-likeness (QED) is 0.634. The molecule has 0 spiro atoms. The maximum absolute atomic E-state index is 11.9. The number of hydrogen-bond acceptors (Lipinski definition) is 5. The van der Waals surface area contributed by atoms with Crippen molar-refractivity contribution in [2.75, 3.05) is 0 Å². The van der Waals surface area contributed by atoms with Crippen LogP contribution >= 0.6 is 0 Å². The highest BCUT2D eigenvalue weighted by Gasteiger charge is 2.59. The molecule has 1 heterocycles. The van der Waals surface area contributed by atoms with E-state index in [2.05, 4.69) is 0 Å². The van der Waals surface area contributed by atoms with Crippen LogP contribution in [0, 0.1) is 11.3 Å². The molecule has 0 amide bonds. The maximum Gasteiger partial charge on any atom is 0.337 e. The number of ether oxygens (including phenoxy) is 1. The SMILES string of the molecule is CC1=C2C(O)C3(C)C(=CC2(O)OC1=O)C=CC(=O)C3C. The van der Waals surface area contributed by atoms with E-state index < -0.39 is 29.2 Å². The van der Waals surface area contributed by atoms with E-state index >= 15 is 0 Å². The molecule has 20 heavy (non-hydrogen) atoms. The van der Waals surface area contributed by atoms with E-state index in [-0.39, 0.29) is 16.9 Å². The van der Waals surface area contributed by atoms with Crippen LogP contribution < -0.4 is 0 Å². The summed E-state index contributed by atoms with van der Waals surface area (Å²) >= 11 is 0. The van der Waals surface area contributed by atoms with Crippen LogP contribution in [0.2, 0.25) is 0 Å². The monoisotopic (exact) mass is 276 g/mol. The molecule has 5 heteroatoms. The van der Waals surface area contributed by atoms with Crippen molar-refractivity contribution < 1.29 is 24.5 Å². The normalized spacial score (nSPS) is 43.1. The predicted molar refractivity (Wildman–Crippen MR) is 69.2 cm³/mol. The van der Waals surface area contributed by atoms with Gasteiger partial charge in [-0.3, -0.25) is 4.79 Å². The zero-order valence-electron chi connectivity index (χ0n) is 11.5. The van der Waals surface area contributed by atoms with Gasteiger partial charge in [0.2, 0.25) is 0 Å². The van der Waals surface area contributed by atoms with Gasteiger partial charge in [0.15, 0.2) is 5.78 Å². The van der Waals surface area contributed by atoms with Gasteiger partial charge in [-0.2, -0.15) is 0 Å². The molecular weight excluding hydrogens is 260 g/mol. The fraction of sp³-hybridized carbons (Fsp3) is 0.467. The van der Waals surface area contributed by atoms with E-state index in [9.17, 15) is 19.8 Å². The summed E-state index contributed by atoms with van der Waals surface area (Å²) in [5, 5.41) is 21.2. The zero-order valence-corrected chi connectivity index (χ0v) is 11.5. The molecule has 106 valence electrons. The first kappa shape index (κ1) is 13.3. The Labute approximate surface area is 116 Å². The highest BCUT2D eigenvalue weighted by atomic mass is 16.7.